The fraction of sp³-hybridized carbons (Fsp3) is 0.583. The molecule has 1 aromatic rings. The van der Waals surface area contributed by atoms with Crippen molar-refractivity contribution < 1.29 is 0 Å². The first kappa shape index (κ1) is 13.3. The van der Waals surface area contributed by atoms with E-state index in [1.165, 1.54) is 0 Å². The predicted octanol–water partition coefficient (Wildman–Crippen LogP) is 2.48. The second-order valence-corrected chi connectivity index (χ2v) is 4.17. The normalized spacial score (nSPS) is 11.5. The van der Waals surface area contributed by atoms with Crippen LogP contribution in [0.25, 0.3) is 0 Å². The summed E-state index contributed by atoms with van der Waals surface area (Å²) < 4.78 is 1.85. The Bertz CT molecular complexity index is 355. The second-order valence-electron chi connectivity index (χ2n) is 3.79. The highest BCUT2D eigenvalue weighted by molar-refractivity contribution is 6.31. The minimum absolute atomic E-state index is 0.791. The van der Waals surface area contributed by atoms with Gasteiger partial charge in [0.25, 0.3) is 0 Å². The summed E-state index contributed by atoms with van der Waals surface area (Å²) in [5.74, 6) is 0. The molecular formula is C12H20ClN3. The summed E-state index contributed by atoms with van der Waals surface area (Å²) in [5, 5.41) is 8.35. The van der Waals surface area contributed by atoms with Crippen LogP contribution in [0.4, 0.5) is 0 Å². The third-order valence-electron chi connectivity index (χ3n) is 2.48. The summed E-state index contributed by atoms with van der Waals surface area (Å²) in [6, 6.07) is 0. The molecule has 1 aromatic heterocycles. The van der Waals surface area contributed by atoms with Crippen LogP contribution in [0.2, 0.25) is 5.02 Å². The molecule has 0 saturated carbocycles. The summed E-state index contributed by atoms with van der Waals surface area (Å²) in [7, 11) is 1.93. The summed E-state index contributed by atoms with van der Waals surface area (Å²) in [6.45, 7) is 6.11. The Kier molecular flexibility index (Phi) is 5.56. The molecule has 0 aromatic carbocycles. The van der Waals surface area contributed by atoms with Gasteiger partial charge in [0.15, 0.2) is 0 Å². The van der Waals surface area contributed by atoms with E-state index in [2.05, 4.69) is 29.5 Å². The van der Waals surface area contributed by atoms with Gasteiger partial charge in [0, 0.05) is 13.5 Å². The van der Waals surface area contributed by atoms with Gasteiger partial charge in [-0.2, -0.15) is 5.10 Å². The zero-order valence-corrected chi connectivity index (χ0v) is 11.0. The summed E-state index contributed by atoms with van der Waals surface area (Å²) in [4.78, 5) is 0. The van der Waals surface area contributed by atoms with Crippen LogP contribution in [0.1, 0.15) is 24.7 Å². The van der Waals surface area contributed by atoms with Crippen molar-refractivity contribution >= 4 is 11.6 Å². The molecule has 0 radical (unpaired) electrons. The van der Waals surface area contributed by atoms with E-state index >= 15 is 0 Å². The molecule has 0 spiro atoms. The number of nitrogens with zero attached hydrogens (tertiary/aromatic N) is 2. The molecule has 0 aliphatic heterocycles. The lowest BCUT2D eigenvalue weighted by Gasteiger charge is -1.98. The van der Waals surface area contributed by atoms with E-state index in [-0.39, 0.29) is 0 Å². The maximum atomic E-state index is 6.15. The van der Waals surface area contributed by atoms with Gasteiger partial charge >= 0.3 is 0 Å². The SMILES string of the molecule is CCNCCC=CCc1c(Cl)c(C)nn1C. The first-order valence-corrected chi connectivity index (χ1v) is 6.08. The highest BCUT2D eigenvalue weighted by Crippen LogP contribution is 2.19. The molecular weight excluding hydrogens is 222 g/mol. The molecule has 90 valence electrons. The standard InChI is InChI=1S/C12H20ClN3/c1-4-14-9-7-5-6-8-11-12(13)10(2)15-16(11)3/h5-6,14H,4,7-9H2,1-3H3. The van der Waals surface area contributed by atoms with Crippen LogP contribution in [-0.4, -0.2) is 22.9 Å². The Morgan fingerprint density at radius 3 is 2.75 bits per heavy atom. The monoisotopic (exact) mass is 241 g/mol. The summed E-state index contributed by atoms with van der Waals surface area (Å²) in [6.07, 6.45) is 6.24. The van der Waals surface area contributed by atoms with Gasteiger partial charge in [-0.15, -0.1) is 0 Å². The first-order valence-electron chi connectivity index (χ1n) is 5.70. The van der Waals surface area contributed by atoms with E-state index in [4.69, 9.17) is 11.6 Å². The summed E-state index contributed by atoms with van der Waals surface area (Å²) >= 11 is 6.15. The van der Waals surface area contributed by atoms with Crippen LogP contribution < -0.4 is 5.32 Å². The number of aromatic nitrogens is 2. The Hall–Kier alpha value is -0.800. The van der Waals surface area contributed by atoms with Gasteiger partial charge < -0.3 is 5.32 Å². The van der Waals surface area contributed by atoms with Gasteiger partial charge in [0.1, 0.15) is 0 Å². The van der Waals surface area contributed by atoms with Crippen molar-refractivity contribution in [1.82, 2.24) is 15.1 Å². The number of hydrogen-bond donors (Lipinski definition) is 1. The fourth-order valence-corrected chi connectivity index (χ4v) is 1.81. The number of rotatable bonds is 6. The smallest absolute Gasteiger partial charge is 0.0850 e. The second kappa shape index (κ2) is 6.71. The first-order chi connectivity index (χ1) is 7.66. The van der Waals surface area contributed by atoms with Gasteiger partial charge in [0.2, 0.25) is 0 Å². The highest BCUT2D eigenvalue weighted by atomic mass is 35.5. The van der Waals surface area contributed by atoms with Gasteiger partial charge in [-0.25, -0.2) is 0 Å². The maximum Gasteiger partial charge on any atom is 0.0850 e. The molecule has 0 aliphatic carbocycles. The molecule has 16 heavy (non-hydrogen) atoms. The quantitative estimate of drug-likeness (QED) is 0.613. The topological polar surface area (TPSA) is 29.9 Å². The lowest BCUT2D eigenvalue weighted by Crippen LogP contribution is -2.12. The Balaban J connectivity index is 2.42. The number of hydrogen-bond acceptors (Lipinski definition) is 2. The van der Waals surface area contributed by atoms with Crippen LogP contribution in [0, 0.1) is 6.92 Å². The van der Waals surface area contributed by atoms with E-state index < -0.39 is 0 Å². The van der Waals surface area contributed by atoms with Crippen molar-refractivity contribution in [1.29, 1.82) is 0 Å². The maximum absolute atomic E-state index is 6.15. The van der Waals surface area contributed by atoms with E-state index in [1.54, 1.807) is 0 Å². The third-order valence-corrected chi connectivity index (χ3v) is 2.97. The molecule has 0 fully saturated rings. The average molecular weight is 242 g/mol. The zero-order valence-electron chi connectivity index (χ0n) is 10.3. The Labute approximate surface area is 102 Å². The van der Waals surface area contributed by atoms with Gasteiger partial charge in [-0.1, -0.05) is 30.7 Å². The molecule has 4 heteroatoms. The predicted molar refractivity (Wildman–Crippen MR) is 69.0 cm³/mol. The minimum Gasteiger partial charge on any atom is -0.317 e. The fourth-order valence-electron chi connectivity index (χ4n) is 1.58. The van der Waals surface area contributed by atoms with E-state index in [1.807, 2.05) is 18.7 Å². The van der Waals surface area contributed by atoms with Gasteiger partial charge in [0.05, 0.1) is 16.4 Å². The molecule has 1 N–H and O–H groups in total. The van der Waals surface area contributed by atoms with Crippen molar-refractivity contribution in [3.8, 4) is 0 Å². The van der Waals surface area contributed by atoms with E-state index in [0.29, 0.717) is 0 Å². The average Bonchev–Trinajstić information content (AvgIpc) is 2.49. The highest BCUT2D eigenvalue weighted by Gasteiger charge is 2.08. The summed E-state index contributed by atoms with van der Waals surface area (Å²) in [5.41, 5.74) is 1.99. The number of halogens is 1. The number of aryl methyl sites for hydroxylation is 2. The Morgan fingerprint density at radius 1 is 1.44 bits per heavy atom. The molecule has 1 heterocycles. The van der Waals surface area contributed by atoms with Crippen molar-refractivity contribution in [3.05, 3.63) is 28.6 Å². The zero-order chi connectivity index (χ0) is 12.0. The lowest BCUT2D eigenvalue weighted by atomic mass is 10.2. The van der Waals surface area contributed by atoms with Crippen LogP contribution in [0.5, 0.6) is 0 Å². The molecule has 0 atom stereocenters. The van der Waals surface area contributed by atoms with Crippen molar-refractivity contribution in [2.24, 2.45) is 7.05 Å². The lowest BCUT2D eigenvalue weighted by molar-refractivity contribution is 0.715. The largest absolute Gasteiger partial charge is 0.317 e. The molecule has 1 rings (SSSR count). The van der Waals surface area contributed by atoms with Crippen LogP contribution >= 0.6 is 11.6 Å². The van der Waals surface area contributed by atoms with Crippen molar-refractivity contribution in [2.75, 3.05) is 13.1 Å². The van der Waals surface area contributed by atoms with Gasteiger partial charge in [-0.3, -0.25) is 4.68 Å². The number of nitrogens with one attached hydrogen (secondary N) is 1. The third kappa shape index (κ3) is 3.65. The molecule has 0 unspecified atom stereocenters. The Morgan fingerprint density at radius 2 is 2.19 bits per heavy atom. The molecule has 0 bridgehead atoms. The van der Waals surface area contributed by atoms with E-state index in [9.17, 15) is 0 Å². The van der Waals surface area contributed by atoms with Crippen molar-refractivity contribution in [2.45, 2.75) is 26.7 Å². The molecule has 0 amide bonds. The van der Waals surface area contributed by atoms with Crippen LogP contribution in [0.15, 0.2) is 12.2 Å². The molecule has 0 saturated heterocycles. The van der Waals surface area contributed by atoms with Crippen LogP contribution in [0.3, 0.4) is 0 Å². The van der Waals surface area contributed by atoms with E-state index in [0.717, 1.165) is 42.3 Å². The van der Waals surface area contributed by atoms with Crippen LogP contribution in [-0.2, 0) is 13.5 Å². The number of allylic oxidation sites excluding steroid dienone is 1. The molecule has 3 nitrogen and oxygen atoms in total. The minimum atomic E-state index is 0.791. The molecule has 0 aliphatic rings. The van der Waals surface area contributed by atoms with Gasteiger partial charge in [-0.05, 0) is 26.4 Å². The van der Waals surface area contributed by atoms with Crippen molar-refractivity contribution in [3.63, 3.8) is 0 Å².